The van der Waals surface area contributed by atoms with Gasteiger partial charge >= 0.3 is 6.09 Å². The molecule has 0 unspecified atom stereocenters. The van der Waals surface area contributed by atoms with E-state index in [1.807, 2.05) is 0 Å². The molecule has 0 spiro atoms. The van der Waals surface area contributed by atoms with Crippen molar-refractivity contribution in [2.45, 2.75) is 69.0 Å². The van der Waals surface area contributed by atoms with Crippen molar-refractivity contribution in [3.63, 3.8) is 0 Å². The topological polar surface area (TPSA) is 116 Å². The van der Waals surface area contributed by atoms with Crippen molar-refractivity contribution in [1.82, 2.24) is 9.62 Å². The van der Waals surface area contributed by atoms with Gasteiger partial charge in [-0.05, 0) is 76.8 Å². The van der Waals surface area contributed by atoms with Crippen LogP contribution in [0.15, 0.2) is 41.3 Å². The second-order valence-corrected chi connectivity index (χ2v) is 11.4. The molecule has 36 heavy (non-hydrogen) atoms. The Kier molecular flexibility index (Phi) is 7.99. The molecule has 196 valence electrons. The highest BCUT2D eigenvalue weighted by atomic mass is 32.2. The molecule has 0 aromatic heterocycles. The summed E-state index contributed by atoms with van der Waals surface area (Å²) in [5, 5.41) is 11.8. The molecule has 3 N–H and O–H groups in total. The average Bonchev–Trinajstić information content (AvgIpc) is 2.76. The minimum atomic E-state index is -4.14. The van der Waals surface area contributed by atoms with Crippen LogP contribution in [0.4, 0.5) is 23.7 Å². The zero-order chi connectivity index (χ0) is 26.8. The van der Waals surface area contributed by atoms with E-state index in [9.17, 15) is 36.3 Å². The van der Waals surface area contributed by atoms with Crippen LogP contribution in [0, 0.1) is 17.5 Å². The van der Waals surface area contributed by atoms with E-state index in [0.29, 0.717) is 25.7 Å². The summed E-state index contributed by atoms with van der Waals surface area (Å²) < 4.78 is 69.3. The molecule has 3 rings (SSSR count). The molecular formula is C24H28F3N3O5S. The maximum atomic E-state index is 14.3. The molecule has 1 saturated carbocycles. The summed E-state index contributed by atoms with van der Waals surface area (Å²) in [5.74, 6) is -4.36. The zero-order valence-corrected chi connectivity index (χ0v) is 20.8. The first-order chi connectivity index (χ1) is 16.7. The van der Waals surface area contributed by atoms with Gasteiger partial charge in [0.05, 0.1) is 10.5 Å². The fourth-order valence-electron chi connectivity index (χ4n) is 4.35. The molecule has 1 fully saturated rings. The van der Waals surface area contributed by atoms with E-state index in [1.54, 1.807) is 20.8 Å². The van der Waals surface area contributed by atoms with Gasteiger partial charge in [0, 0.05) is 29.4 Å². The maximum Gasteiger partial charge on any atom is 0.407 e. The second-order valence-electron chi connectivity index (χ2n) is 9.67. The lowest BCUT2D eigenvalue weighted by Crippen LogP contribution is -2.53. The highest BCUT2D eigenvalue weighted by Gasteiger charge is 2.36. The molecule has 2 aromatic carbocycles. The zero-order valence-electron chi connectivity index (χ0n) is 20.0. The number of carboxylic acid groups (broad SMARTS) is 1. The van der Waals surface area contributed by atoms with E-state index >= 15 is 0 Å². The van der Waals surface area contributed by atoms with E-state index < -0.39 is 56.6 Å². The predicted octanol–water partition coefficient (Wildman–Crippen LogP) is 4.72. The summed E-state index contributed by atoms with van der Waals surface area (Å²) in [6.07, 6.45) is 0.680. The van der Waals surface area contributed by atoms with Crippen molar-refractivity contribution in [2.75, 3.05) is 5.32 Å². The Balaban J connectivity index is 1.71. The Hall–Kier alpha value is -3.12. The van der Waals surface area contributed by atoms with Gasteiger partial charge in [0.1, 0.15) is 5.82 Å². The standard InChI is InChI=1S/C24H28F3N3O5S/c1-24(2,3)30(23(32)33)16-7-4-14(5-8-16)29-36(34,35)17-9-11-19(25)18(13-17)22(31)28-15-6-10-20(26)21(27)12-15/h6,9-14,16,29H,4-5,7-8H2,1-3H3,(H,28,31)(H,32,33). The van der Waals surface area contributed by atoms with Crippen molar-refractivity contribution in [3.05, 3.63) is 59.4 Å². The fourth-order valence-corrected chi connectivity index (χ4v) is 5.68. The van der Waals surface area contributed by atoms with Gasteiger partial charge in [-0.2, -0.15) is 0 Å². The number of benzene rings is 2. The summed E-state index contributed by atoms with van der Waals surface area (Å²) in [7, 11) is -4.14. The first-order valence-corrected chi connectivity index (χ1v) is 12.8. The second kappa shape index (κ2) is 10.5. The average molecular weight is 528 g/mol. The quantitative estimate of drug-likeness (QED) is 0.503. The van der Waals surface area contributed by atoms with E-state index in [4.69, 9.17) is 0 Å². The summed E-state index contributed by atoms with van der Waals surface area (Å²) in [4.78, 5) is 25.3. The highest BCUT2D eigenvalue weighted by molar-refractivity contribution is 7.89. The van der Waals surface area contributed by atoms with Crippen molar-refractivity contribution in [3.8, 4) is 0 Å². The van der Waals surface area contributed by atoms with Crippen LogP contribution >= 0.6 is 0 Å². The van der Waals surface area contributed by atoms with Gasteiger partial charge < -0.3 is 15.3 Å². The molecule has 2 aromatic rings. The number of hydrogen-bond acceptors (Lipinski definition) is 4. The van der Waals surface area contributed by atoms with E-state index in [1.165, 1.54) is 4.90 Å². The molecule has 0 heterocycles. The van der Waals surface area contributed by atoms with Crippen LogP contribution in [0.2, 0.25) is 0 Å². The van der Waals surface area contributed by atoms with Crippen molar-refractivity contribution in [1.29, 1.82) is 0 Å². The third-order valence-corrected chi connectivity index (χ3v) is 7.50. The first-order valence-electron chi connectivity index (χ1n) is 11.3. The molecule has 0 radical (unpaired) electrons. The third-order valence-electron chi connectivity index (χ3n) is 5.98. The molecule has 2 amide bonds. The van der Waals surface area contributed by atoms with Crippen LogP contribution in [0.3, 0.4) is 0 Å². The largest absolute Gasteiger partial charge is 0.465 e. The Morgan fingerprint density at radius 1 is 0.944 bits per heavy atom. The lowest BCUT2D eigenvalue weighted by molar-refractivity contribution is 0.0541. The fraction of sp³-hybridized carbons (Fsp3) is 0.417. The number of anilines is 1. The molecule has 12 heteroatoms. The lowest BCUT2D eigenvalue weighted by Gasteiger charge is -2.42. The van der Waals surface area contributed by atoms with Crippen LogP contribution in [0.25, 0.3) is 0 Å². The van der Waals surface area contributed by atoms with Crippen LogP contribution in [-0.4, -0.2) is 48.0 Å². The van der Waals surface area contributed by atoms with Crippen LogP contribution in [0.1, 0.15) is 56.8 Å². The van der Waals surface area contributed by atoms with Gasteiger partial charge in [0.15, 0.2) is 11.6 Å². The first kappa shape index (κ1) is 27.5. The predicted molar refractivity (Wildman–Crippen MR) is 127 cm³/mol. The van der Waals surface area contributed by atoms with Crippen molar-refractivity contribution in [2.24, 2.45) is 0 Å². The SMILES string of the molecule is CC(C)(C)N(C(=O)O)C1CCC(NS(=O)(=O)c2ccc(F)c(C(=O)Nc3ccc(F)c(F)c3)c2)CC1. The summed E-state index contributed by atoms with van der Waals surface area (Å²) >= 11 is 0. The monoisotopic (exact) mass is 527 g/mol. The number of hydrogen-bond donors (Lipinski definition) is 3. The molecule has 0 aliphatic heterocycles. The summed E-state index contributed by atoms with van der Waals surface area (Å²) in [6, 6.07) is 4.59. The third kappa shape index (κ3) is 6.35. The minimum Gasteiger partial charge on any atom is -0.465 e. The molecular weight excluding hydrogens is 499 g/mol. The van der Waals surface area contributed by atoms with E-state index in [0.717, 1.165) is 36.4 Å². The highest BCUT2D eigenvalue weighted by Crippen LogP contribution is 2.29. The van der Waals surface area contributed by atoms with Crippen LogP contribution in [-0.2, 0) is 10.0 Å². The van der Waals surface area contributed by atoms with Crippen molar-refractivity contribution < 1.29 is 36.3 Å². The van der Waals surface area contributed by atoms with Gasteiger partial charge in [-0.1, -0.05) is 0 Å². The van der Waals surface area contributed by atoms with Gasteiger partial charge in [-0.3, -0.25) is 4.79 Å². The molecule has 1 aliphatic carbocycles. The van der Waals surface area contributed by atoms with Crippen molar-refractivity contribution >= 4 is 27.7 Å². The number of halogens is 3. The van der Waals surface area contributed by atoms with Gasteiger partial charge in [-0.15, -0.1) is 0 Å². The Bertz CT molecular complexity index is 1260. The number of sulfonamides is 1. The van der Waals surface area contributed by atoms with E-state index in [-0.39, 0.29) is 16.6 Å². The van der Waals surface area contributed by atoms with Crippen LogP contribution < -0.4 is 10.0 Å². The minimum absolute atomic E-state index is 0.132. The summed E-state index contributed by atoms with van der Waals surface area (Å²) in [5.41, 5.74) is -1.33. The lowest BCUT2D eigenvalue weighted by atomic mass is 9.88. The Morgan fingerprint density at radius 2 is 1.56 bits per heavy atom. The number of carbonyl (C=O) groups is 2. The molecule has 8 nitrogen and oxygen atoms in total. The van der Waals surface area contributed by atoms with E-state index in [2.05, 4.69) is 10.0 Å². The van der Waals surface area contributed by atoms with Crippen LogP contribution in [0.5, 0.6) is 0 Å². The molecule has 0 saturated heterocycles. The molecule has 1 aliphatic rings. The normalized spacial score (nSPS) is 18.5. The Morgan fingerprint density at radius 3 is 2.11 bits per heavy atom. The number of carbonyl (C=O) groups excluding carboxylic acids is 1. The number of nitrogens with one attached hydrogen (secondary N) is 2. The number of nitrogens with zero attached hydrogens (tertiary/aromatic N) is 1. The maximum absolute atomic E-state index is 14.3. The summed E-state index contributed by atoms with van der Waals surface area (Å²) in [6.45, 7) is 5.39. The Labute approximate surface area is 207 Å². The molecule has 0 bridgehead atoms. The van der Waals surface area contributed by atoms with Gasteiger partial charge in [-0.25, -0.2) is 31.1 Å². The number of amides is 2. The number of rotatable bonds is 6. The molecule has 0 atom stereocenters. The van der Waals surface area contributed by atoms with Gasteiger partial charge in [0.25, 0.3) is 5.91 Å². The smallest absolute Gasteiger partial charge is 0.407 e. The van der Waals surface area contributed by atoms with Gasteiger partial charge in [0.2, 0.25) is 10.0 Å².